The zero-order valence-electron chi connectivity index (χ0n) is 22.6. The van der Waals surface area contributed by atoms with E-state index in [1.807, 2.05) is 49.4 Å². The second kappa shape index (κ2) is 11.8. The largest absolute Gasteiger partial charge is 0.497 e. The number of rotatable bonds is 9. The fraction of sp³-hybridized carbons (Fsp3) is 0.414. The number of methoxy groups -OCH3 is 1. The highest BCUT2D eigenvalue weighted by atomic mass is 16.5. The number of nitrogens with one attached hydrogen (secondary N) is 1. The fourth-order valence-electron chi connectivity index (χ4n) is 5.27. The molecule has 0 aliphatic carbocycles. The number of esters is 1. The maximum absolute atomic E-state index is 13.5. The molecule has 0 radical (unpaired) electrons. The number of hydrogen-bond donors (Lipinski definition) is 1. The van der Waals surface area contributed by atoms with Crippen LogP contribution in [-0.4, -0.2) is 62.9 Å². The number of nitrogens with zero attached hydrogens (tertiary/aromatic N) is 5. The highest BCUT2D eigenvalue weighted by Crippen LogP contribution is 2.32. The minimum atomic E-state index is -0.486. The van der Waals surface area contributed by atoms with E-state index in [-0.39, 0.29) is 17.4 Å². The van der Waals surface area contributed by atoms with Gasteiger partial charge in [0.25, 0.3) is 5.56 Å². The van der Waals surface area contributed by atoms with Gasteiger partial charge < -0.3 is 14.5 Å². The molecule has 1 N–H and O–H groups in total. The van der Waals surface area contributed by atoms with E-state index in [0.717, 1.165) is 28.6 Å². The molecule has 0 spiro atoms. The Hall–Kier alpha value is -4.05. The summed E-state index contributed by atoms with van der Waals surface area (Å²) in [4.78, 5) is 31.2. The standard InChI is InChI=1S/C29H34N6O4/c1-4-19-8-11-25-22(16-19)17-24(28(36)30-25)26(34-14-12-21(13-15-34)29(37)39-5-2)27-31-32-33-35(27)18-20-6-9-23(38-3)10-7-20/h6-11,16-17,21,26H,4-5,12-15,18H2,1-3H3,(H,30,36). The molecule has 0 saturated carbocycles. The highest BCUT2D eigenvalue weighted by Gasteiger charge is 2.35. The van der Waals surface area contributed by atoms with Gasteiger partial charge in [0.1, 0.15) is 11.8 Å². The Kier molecular flexibility index (Phi) is 8.02. The van der Waals surface area contributed by atoms with Crippen molar-refractivity contribution >= 4 is 16.9 Å². The summed E-state index contributed by atoms with van der Waals surface area (Å²) in [5, 5.41) is 13.7. The van der Waals surface area contributed by atoms with E-state index in [2.05, 4.69) is 38.4 Å². The van der Waals surface area contributed by atoms with Crippen molar-refractivity contribution in [2.75, 3.05) is 26.8 Å². The number of hydrogen-bond acceptors (Lipinski definition) is 8. The summed E-state index contributed by atoms with van der Waals surface area (Å²) >= 11 is 0. The van der Waals surface area contributed by atoms with Gasteiger partial charge in [-0.2, -0.15) is 0 Å². The molecule has 1 aliphatic rings. The van der Waals surface area contributed by atoms with E-state index in [9.17, 15) is 9.59 Å². The maximum Gasteiger partial charge on any atom is 0.309 e. The molecule has 1 saturated heterocycles. The van der Waals surface area contributed by atoms with Gasteiger partial charge in [0, 0.05) is 24.2 Å². The van der Waals surface area contributed by atoms with Gasteiger partial charge in [0.2, 0.25) is 0 Å². The van der Waals surface area contributed by atoms with Crippen molar-refractivity contribution in [2.24, 2.45) is 5.92 Å². The monoisotopic (exact) mass is 530 g/mol. The molecular formula is C29H34N6O4. The number of carbonyl (C=O) groups excluding carboxylic acids is 1. The molecule has 4 aromatic rings. The molecule has 10 heteroatoms. The van der Waals surface area contributed by atoms with E-state index in [4.69, 9.17) is 9.47 Å². The van der Waals surface area contributed by atoms with E-state index in [1.54, 1.807) is 11.8 Å². The number of ether oxygens (including phenoxy) is 2. The first kappa shape index (κ1) is 26.6. The third-order valence-electron chi connectivity index (χ3n) is 7.45. The van der Waals surface area contributed by atoms with Crippen LogP contribution in [0.3, 0.4) is 0 Å². The Bertz CT molecular complexity index is 1490. The van der Waals surface area contributed by atoms with Crippen molar-refractivity contribution in [1.82, 2.24) is 30.1 Å². The van der Waals surface area contributed by atoms with Crippen LogP contribution >= 0.6 is 0 Å². The zero-order chi connectivity index (χ0) is 27.4. The molecule has 1 atom stereocenters. The molecule has 2 aromatic carbocycles. The van der Waals surface area contributed by atoms with Crippen molar-refractivity contribution in [3.05, 3.63) is 81.4 Å². The lowest BCUT2D eigenvalue weighted by molar-refractivity contribution is -0.149. The number of benzene rings is 2. The van der Waals surface area contributed by atoms with Gasteiger partial charge in [-0.3, -0.25) is 14.5 Å². The Labute approximate surface area is 226 Å². The minimum Gasteiger partial charge on any atom is -0.497 e. The van der Waals surface area contributed by atoms with Crippen LogP contribution in [0.4, 0.5) is 0 Å². The van der Waals surface area contributed by atoms with E-state index in [1.165, 1.54) is 5.56 Å². The molecule has 10 nitrogen and oxygen atoms in total. The lowest BCUT2D eigenvalue weighted by atomic mass is 9.93. The van der Waals surface area contributed by atoms with Crippen molar-refractivity contribution in [3.63, 3.8) is 0 Å². The topological polar surface area (TPSA) is 115 Å². The van der Waals surface area contributed by atoms with Crippen LogP contribution in [-0.2, 0) is 22.5 Å². The Balaban J connectivity index is 1.54. The van der Waals surface area contributed by atoms with Crippen molar-refractivity contribution in [3.8, 4) is 5.75 Å². The van der Waals surface area contributed by atoms with Crippen LogP contribution < -0.4 is 10.3 Å². The number of H-pyrrole nitrogens is 1. The molecule has 3 heterocycles. The molecule has 39 heavy (non-hydrogen) atoms. The van der Waals surface area contributed by atoms with Gasteiger partial charge in [0.15, 0.2) is 5.82 Å². The van der Waals surface area contributed by atoms with Crippen LogP contribution in [0.2, 0.25) is 0 Å². The van der Waals surface area contributed by atoms with E-state index in [0.29, 0.717) is 50.5 Å². The van der Waals surface area contributed by atoms with Crippen molar-refractivity contribution < 1.29 is 14.3 Å². The average Bonchev–Trinajstić information content (AvgIpc) is 3.41. The van der Waals surface area contributed by atoms with Crippen LogP contribution in [0.25, 0.3) is 10.9 Å². The SMILES string of the molecule is CCOC(=O)C1CCN(C(c2cc3cc(CC)ccc3[nH]c2=O)c2nnnn2Cc2ccc(OC)cc2)CC1. The van der Waals surface area contributed by atoms with Gasteiger partial charge in [-0.1, -0.05) is 25.1 Å². The molecule has 1 unspecified atom stereocenters. The molecule has 204 valence electrons. The molecule has 1 fully saturated rings. The van der Waals surface area contributed by atoms with Crippen LogP contribution in [0.5, 0.6) is 5.75 Å². The summed E-state index contributed by atoms with van der Waals surface area (Å²) in [5.74, 6) is 1.04. The number of tetrazole rings is 1. The number of piperidine rings is 1. The second-order valence-corrected chi connectivity index (χ2v) is 9.84. The quantitative estimate of drug-likeness (QED) is 0.327. The van der Waals surface area contributed by atoms with Gasteiger partial charge in [0.05, 0.1) is 26.2 Å². The smallest absolute Gasteiger partial charge is 0.309 e. The molecule has 0 amide bonds. The van der Waals surface area contributed by atoms with Gasteiger partial charge in [-0.05, 0) is 83.5 Å². The number of carbonyl (C=O) groups is 1. The van der Waals surface area contributed by atoms with Crippen molar-refractivity contribution in [1.29, 1.82) is 0 Å². The van der Waals surface area contributed by atoms with Crippen LogP contribution in [0.1, 0.15) is 55.2 Å². The molecule has 2 aromatic heterocycles. The number of pyridine rings is 1. The normalized spacial score (nSPS) is 15.4. The first-order valence-corrected chi connectivity index (χ1v) is 13.5. The van der Waals surface area contributed by atoms with E-state index >= 15 is 0 Å². The Morgan fingerprint density at radius 2 is 1.82 bits per heavy atom. The highest BCUT2D eigenvalue weighted by molar-refractivity contribution is 5.80. The predicted octanol–water partition coefficient (Wildman–Crippen LogP) is 3.50. The zero-order valence-corrected chi connectivity index (χ0v) is 22.6. The Morgan fingerprint density at radius 3 is 2.51 bits per heavy atom. The number of aryl methyl sites for hydroxylation is 1. The number of fused-ring (bicyclic) bond motifs is 1. The fourth-order valence-corrected chi connectivity index (χ4v) is 5.27. The average molecular weight is 531 g/mol. The van der Waals surface area contributed by atoms with Gasteiger partial charge in [-0.15, -0.1) is 5.10 Å². The van der Waals surface area contributed by atoms with E-state index < -0.39 is 6.04 Å². The number of aromatic amines is 1. The second-order valence-electron chi connectivity index (χ2n) is 9.84. The third-order valence-corrected chi connectivity index (χ3v) is 7.45. The van der Waals surface area contributed by atoms with Gasteiger partial charge in [-0.25, -0.2) is 4.68 Å². The number of aromatic nitrogens is 5. The lowest BCUT2D eigenvalue weighted by Crippen LogP contribution is -2.42. The summed E-state index contributed by atoms with van der Waals surface area (Å²) in [7, 11) is 1.63. The summed E-state index contributed by atoms with van der Waals surface area (Å²) in [6, 6.07) is 15.3. The van der Waals surface area contributed by atoms with Crippen LogP contribution in [0, 0.1) is 5.92 Å². The molecule has 5 rings (SSSR count). The molecular weight excluding hydrogens is 496 g/mol. The maximum atomic E-state index is 13.5. The Morgan fingerprint density at radius 1 is 1.08 bits per heavy atom. The summed E-state index contributed by atoms with van der Waals surface area (Å²) < 4.78 is 12.3. The van der Waals surface area contributed by atoms with Crippen LogP contribution in [0.15, 0.2) is 53.3 Å². The molecule has 0 bridgehead atoms. The molecule has 1 aliphatic heterocycles. The minimum absolute atomic E-state index is 0.154. The summed E-state index contributed by atoms with van der Waals surface area (Å²) in [6.07, 6.45) is 2.18. The van der Waals surface area contributed by atoms with Gasteiger partial charge >= 0.3 is 5.97 Å². The first-order valence-electron chi connectivity index (χ1n) is 13.5. The first-order chi connectivity index (χ1) is 19.0. The summed E-state index contributed by atoms with van der Waals surface area (Å²) in [5.41, 5.74) is 3.39. The van der Waals surface area contributed by atoms with Crippen molar-refractivity contribution in [2.45, 2.75) is 45.7 Å². The predicted molar refractivity (Wildman–Crippen MR) is 147 cm³/mol. The number of likely N-dealkylation sites (tertiary alicyclic amines) is 1. The third kappa shape index (κ3) is 5.70. The summed E-state index contributed by atoms with van der Waals surface area (Å²) in [6.45, 7) is 5.95. The lowest BCUT2D eigenvalue weighted by Gasteiger charge is -2.36.